The second-order valence-corrected chi connectivity index (χ2v) is 11.4. The molecule has 0 N–H and O–H groups in total. The number of benzene rings is 7. The molecule has 0 bridgehead atoms. The number of rotatable bonds is 5. The average Bonchev–Trinajstić information content (AvgIpc) is 3.50. The molecule has 3 heteroatoms. The van der Waals surface area contributed by atoms with Crippen molar-refractivity contribution in [1.29, 1.82) is 0 Å². The molecule has 0 aromatic heterocycles. The predicted octanol–water partition coefficient (Wildman–Crippen LogP) is 9.10. The second kappa shape index (κ2) is 10.4. The van der Waals surface area contributed by atoms with Gasteiger partial charge < -0.3 is 9.80 Å². The van der Waals surface area contributed by atoms with Crippen molar-refractivity contribution in [3.05, 3.63) is 176 Å². The van der Waals surface area contributed by atoms with Crippen LogP contribution in [0.3, 0.4) is 0 Å². The van der Waals surface area contributed by atoms with E-state index in [-0.39, 0.29) is 36.6 Å². The molecule has 45 heavy (non-hydrogen) atoms. The van der Waals surface area contributed by atoms with Gasteiger partial charge in [0.1, 0.15) is 0 Å². The lowest BCUT2D eigenvalue weighted by Gasteiger charge is -2.36. The van der Waals surface area contributed by atoms with Crippen molar-refractivity contribution in [2.75, 3.05) is 9.80 Å². The normalized spacial score (nSPS) is 13.9. The van der Waals surface area contributed by atoms with E-state index in [1.165, 1.54) is 5.46 Å². The Morgan fingerprint density at radius 2 is 1.16 bits per heavy atom. The number of hydrogen-bond acceptors (Lipinski definition) is 2. The van der Waals surface area contributed by atoms with E-state index in [4.69, 9.17) is 6.85 Å². The van der Waals surface area contributed by atoms with E-state index in [0.717, 1.165) is 61.6 Å². The minimum atomic E-state index is -0.406. The van der Waals surface area contributed by atoms with E-state index in [1.807, 2.05) is 71.6 Å². The fraction of sp³-hybridized carbons (Fsp3) is 0. The Hall–Kier alpha value is -5.80. The molecule has 2 aliphatic heterocycles. The lowest BCUT2D eigenvalue weighted by Crippen LogP contribution is -2.54. The van der Waals surface area contributed by atoms with E-state index >= 15 is 0 Å². The minimum Gasteiger partial charge on any atom is -0.311 e. The molecule has 0 amide bonds. The fourth-order valence-electron chi connectivity index (χ4n) is 7.05. The highest BCUT2D eigenvalue weighted by molar-refractivity contribution is 7.01. The lowest BCUT2D eigenvalue weighted by molar-refractivity contribution is 1.29. The Morgan fingerprint density at radius 1 is 0.489 bits per heavy atom. The van der Waals surface area contributed by atoms with Gasteiger partial charge in [-0.1, -0.05) is 121 Å². The molecule has 0 atom stereocenters. The van der Waals surface area contributed by atoms with Crippen molar-refractivity contribution in [2.45, 2.75) is 0 Å². The van der Waals surface area contributed by atoms with Crippen LogP contribution in [0.15, 0.2) is 176 Å². The highest BCUT2D eigenvalue weighted by atomic mass is 15.2. The molecule has 7 aromatic carbocycles. The summed E-state index contributed by atoms with van der Waals surface area (Å²) in [5.41, 5.74) is 12.3. The summed E-state index contributed by atoms with van der Waals surface area (Å²) in [5.74, 6) is 0. The van der Waals surface area contributed by atoms with Gasteiger partial charge >= 0.3 is 0 Å². The number of fused-ring (bicyclic) bond motifs is 5. The molecular weight excluding hydrogens is 543 g/mol. The van der Waals surface area contributed by atoms with Gasteiger partial charge in [-0.15, -0.1) is 0 Å². The molecule has 0 spiro atoms. The van der Waals surface area contributed by atoms with Crippen LogP contribution in [-0.2, 0) is 0 Å². The summed E-state index contributed by atoms with van der Waals surface area (Å²) in [6.07, 6.45) is 0. The van der Waals surface area contributed by atoms with E-state index in [2.05, 4.69) is 83.8 Å². The summed E-state index contributed by atoms with van der Waals surface area (Å²) < 4.78 is 43.5. The smallest absolute Gasteiger partial charge is 0.248 e. The van der Waals surface area contributed by atoms with Gasteiger partial charge in [-0.05, 0) is 93.8 Å². The lowest BCUT2D eigenvalue weighted by atomic mass is 9.37. The van der Waals surface area contributed by atoms with Crippen LogP contribution < -0.4 is 26.2 Å². The van der Waals surface area contributed by atoms with Gasteiger partial charge in [0.25, 0.3) is 0 Å². The van der Waals surface area contributed by atoms with Gasteiger partial charge in [-0.2, -0.15) is 0 Å². The van der Waals surface area contributed by atoms with E-state index in [9.17, 15) is 0 Å². The quantitative estimate of drug-likeness (QED) is 0.188. The third-order valence-electron chi connectivity index (χ3n) is 8.94. The van der Waals surface area contributed by atoms with Gasteiger partial charge in [-0.25, -0.2) is 0 Å². The molecule has 7 aromatic rings. The second-order valence-electron chi connectivity index (χ2n) is 11.4. The Bertz CT molecular complexity index is 2390. The molecule has 2 heterocycles. The summed E-state index contributed by atoms with van der Waals surface area (Å²) in [6, 6.07) is 48.4. The van der Waals surface area contributed by atoms with Crippen LogP contribution in [0.2, 0.25) is 0 Å². The maximum Gasteiger partial charge on any atom is 0.248 e. The Balaban J connectivity index is 1.30. The van der Waals surface area contributed by atoms with Crippen LogP contribution >= 0.6 is 0 Å². The first-order chi connectivity index (χ1) is 24.4. The van der Waals surface area contributed by atoms with Crippen LogP contribution in [0.25, 0.3) is 22.3 Å². The molecule has 0 unspecified atom stereocenters. The molecule has 0 radical (unpaired) electrons. The van der Waals surface area contributed by atoms with E-state index in [0.29, 0.717) is 0 Å². The topological polar surface area (TPSA) is 6.48 Å². The first kappa shape index (κ1) is 21.0. The number of nitrogens with zero attached hydrogens (tertiary/aromatic N) is 2. The number of hydrogen-bond donors (Lipinski definition) is 0. The molecule has 0 fully saturated rings. The van der Waals surface area contributed by atoms with Crippen LogP contribution in [0.5, 0.6) is 0 Å². The average molecular weight is 578 g/mol. The van der Waals surface area contributed by atoms with Crippen LogP contribution in [0, 0.1) is 0 Å². The first-order valence-electron chi connectivity index (χ1n) is 17.7. The Labute approximate surface area is 271 Å². The van der Waals surface area contributed by atoms with Crippen molar-refractivity contribution in [1.82, 2.24) is 0 Å². The molecular formula is C42H29BN2. The van der Waals surface area contributed by atoms with Crippen LogP contribution in [-0.4, -0.2) is 6.71 Å². The summed E-state index contributed by atoms with van der Waals surface area (Å²) in [7, 11) is 0. The molecule has 210 valence electrons. The SMILES string of the molecule is [2H]c1c([2H])c([2H])c(N2c3cc(-c4ccccc4)ccc3B3c4ccc(N(c5ccccc5)c5ccccc5)cc4-c4cccc2c43)c([2H])c1[2H]. The van der Waals surface area contributed by atoms with E-state index in [1.54, 1.807) is 0 Å². The highest BCUT2D eigenvalue weighted by Crippen LogP contribution is 2.43. The van der Waals surface area contributed by atoms with Crippen LogP contribution in [0.1, 0.15) is 6.85 Å². The zero-order valence-electron chi connectivity index (χ0n) is 29.3. The maximum absolute atomic E-state index is 9.04. The van der Waals surface area contributed by atoms with Gasteiger partial charge in [0.15, 0.2) is 0 Å². The molecule has 0 saturated carbocycles. The van der Waals surface area contributed by atoms with Crippen molar-refractivity contribution in [3.63, 3.8) is 0 Å². The number of para-hydroxylation sites is 3. The Morgan fingerprint density at radius 3 is 1.87 bits per heavy atom. The zero-order valence-corrected chi connectivity index (χ0v) is 24.3. The molecule has 2 aliphatic rings. The third-order valence-corrected chi connectivity index (χ3v) is 8.94. The zero-order chi connectivity index (χ0) is 34.1. The first-order valence-corrected chi connectivity index (χ1v) is 15.2. The summed E-state index contributed by atoms with van der Waals surface area (Å²) in [5, 5.41) is 0. The molecule has 9 rings (SSSR count). The monoisotopic (exact) mass is 577 g/mol. The largest absolute Gasteiger partial charge is 0.311 e. The van der Waals surface area contributed by atoms with Crippen molar-refractivity contribution >= 4 is 57.2 Å². The standard InChI is InChI=1S/C42H29BN2/c1-5-14-30(15-6-1)31-24-26-39-41(28-31)45(34-20-11-4-12-21-34)40-23-13-22-36-37-29-35(25-27-38(37)43(39)42(36)40)44(32-16-7-2-8-17-32)33-18-9-3-10-19-33/h1-29H/i4D,11D,12D,20D,21D. The number of anilines is 6. The maximum atomic E-state index is 9.04. The summed E-state index contributed by atoms with van der Waals surface area (Å²) in [4.78, 5) is 4.15. The third kappa shape index (κ3) is 4.12. The molecule has 2 nitrogen and oxygen atoms in total. The summed E-state index contributed by atoms with van der Waals surface area (Å²) >= 11 is 0. The molecule has 0 saturated heterocycles. The van der Waals surface area contributed by atoms with Gasteiger partial charge in [0.2, 0.25) is 6.71 Å². The van der Waals surface area contributed by atoms with Gasteiger partial charge in [0.05, 0.1) is 6.85 Å². The Kier molecular flexibility index (Phi) is 4.87. The highest BCUT2D eigenvalue weighted by Gasteiger charge is 2.42. The fourth-order valence-corrected chi connectivity index (χ4v) is 7.05. The minimum absolute atomic E-state index is 0.104. The van der Waals surface area contributed by atoms with Crippen LogP contribution in [0.4, 0.5) is 34.1 Å². The van der Waals surface area contributed by atoms with Gasteiger partial charge in [-0.3, -0.25) is 0 Å². The van der Waals surface area contributed by atoms with Crippen molar-refractivity contribution in [3.8, 4) is 22.3 Å². The van der Waals surface area contributed by atoms with Crippen molar-refractivity contribution < 1.29 is 6.85 Å². The van der Waals surface area contributed by atoms with Gasteiger partial charge in [0, 0.05) is 34.1 Å². The van der Waals surface area contributed by atoms with Crippen molar-refractivity contribution in [2.24, 2.45) is 0 Å². The molecule has 0 aliphatic carbocycles. The summed E-state index contributed by atoms with van der Waals surface area (Å²) in [6.45, 7) is -0.104. The predicted molar refractivity (Wildman–Crippen MR) is 191 cm³/mol. The van der Waals surface area contributed by atoms with E-state index < -0.39 is 6.04 Å².